The number of fused-ring (bicyclic) bond motifs is 1. The van der Waals surface area contributed by atoms with Crippen molar-refractivity contribution in [3.05, 3.63) is 65.7 Å². The number of anilines is 1. The minimum absolute atomic E-state index is 0.233. The Hall–Kier alpha value is -2.49. The maximum absolute atomic E-state index is 12.8. The molecule has 0 atom stereocenters. The highest BCUT2D eigenvalue weighted by Gasteiger charge is 2.02. The second-order valence-corrected chi connectivity index (χ2v) is 4.41. The summed E-state index contributed by atoms with van der Waals surface area (Å²) in [5.74, 6) is -0.233. The summed E-state index contributed by atoms with van der Waals surface area (Å²) in [4.78, 5) is 8.86. The number of hydrogen-bond donors (Lipinski definition) is 1. The highest BCUT2D eigenvalue weighted by Crippen LogP contribution is 2.15. The molecule has 0 unspecified atom stereocenters. The molecule has 3 nitrogen and oxygen atoms in total. The van der Waals surface area contributed by atoms with Crippen molar-refractivity contribution in [2.45, 2.75) is 6.42 Å². The third-order valence-electron chi connectivity index (χ3n) is 2.91. The van der Waals surface area contributed by atoms with Gasteiger partial charge < -0.3 is 5.73 Å². The molecule has 0 aliphatic carbocycles. The van der Waals surface area contributed by atoms with Crippen LogP contribution in [0.1, 0.15) is 11.3 Å². The van der Waals surface area contributed by atoms with E-state index in [0.29, 0.717) is 12.1 Å². The minimum Gasteiger partial charge on any atom is -0.399 e. The van der Waals surface area contributed by atoms with Crippen LogP contribution in [0.15, 0.2) is 48.7 Å². The molecule has 94 valence electrons. The lowest BCUT2D eigenvalue weighted by Gasteiger charge is -2.03. The van der Waals surface area contributed by atoms with E-state index < -0.39 is 0 Å². The van der Waals surface area contributed by atoms with Crippen molar-refractivity contribution in [2.75, 3.05) is 5.73 Å². The van der Waals surface area contributed by atoms with Gasteiger partial charge in [-0.25, -0.2) is 9.37 Å². The van der Waals surface area contributed by atoms with Gasteiger partial charge in [0.05, 0.1) is 16.7 Å². The molecule has 2 N–H and O–H groups in total. The molecule has 3 rings (SSSR count). The van der Waals surface area contributed by atoms with Crippen LogP contribution in [0.25, 0.3) is 11.0 Å². The standard InChI is InChI=1S/C15H12FN3/c16-11-3-1-10(2-4-11)7-13-9-18-15-8-12(17)5-6-14(15)19-13/h1-6,8-9H,7,17H2. The number of halogens is 1. The summed E-state index contributed by atoms with van der Waals surface area (Å²) in [6.07, 6.45) is 2.36. The largest absolute Gasteiger partial charge is 0.399 e. The van der Waals surface area contributed by atoms with Gasteiger partial charge in [-0.15, -0.1) is 0 Å². The number of nitrogens with zero attached hydrogens (tertiary/aromatic N) is 2. The zero-order valence-electron chi connectivity index (χ0n) is 10.2. The average molecular weight is 253 g/mol. The Bertz CT molecular complexity index is 723. The van der Waals surface area contributed by atoms with Crippen molar-refractivity contribution in [1.29, 1.82) is 0 Å². The van der Waals surface area contributed by atoms with Gasteiger partial charge in [-0.3, -0.25) is 4.98 Å². The zero-order valence-corrected chi connectivity index (χ0v) is 10.2. The van der Waals surface area contributed by atoms with Crippen molar-refractivity contribution in [3.63, 3.8) is 0 Å². The van der Waals surface area contributed by atoms with Gasteiger partial charge >= 0.3 is 0 Å². The molecular formula is C15H12FN3. The molecule has 0 saturated carbocycles. The fourth-order valence-corrected chi connectivity index (χ4v) is 1.96. The van der Waals surface area contributed by atoms with E-state index in [0.717, 1.165) is 22.3 Å². The maximum atomic E-state index is 12.8. The third kappa shape index (κ3) is 2.52. The SMILES string of the molecule is Nc1ccc2nc(Cc3ccc(F)cc3)cnc2c1. The fourth-order valence-electron chi connectivity index (χ4n) is 1.96. The van der Waals surface area contributed by atoms with Gasteiger partial charge in [0.1, 0.15) is 5.82 Å². The van der Waals surface area contributed by atoms with Crippen molar-refractivity contribution >= 4 is 16.7 Å². The Balaban J connectivity index is 1.93. The van der Waals surface area contributed by atoms with Gasteiger partial charge in [-0.2, -0.15) is 0 Å². The smallest absolute Gasteiger partial charge is 0.123 e. The first-order valence-electron chi connectivity index (χ1n) is 5.96. The van der Waals surface area contributed by atoms with E-state index in [1.807, 2.05) is 6.07 Å². The van der Waals surface area contributed by atoms with E-state index in [2.05, 4.69) is 9.97 Å². The van der Waals surface area contributed by atoms with Crippen LogP contribution in [-0.4, -0.2) is 9.97 Å². The van der Waals surface area contributed by atoms with Crippen LogP contribution in [0.3, 0.4) is 0 Å². The Morgan fingerprint density at radius 3 is 2.58 bits per heavy atom. The summed E-state index contributed by atoms with van der Waals surface area (Å²) in [5, 5.41) is 0. The van der Waals surface area contributed by atoms with Gasteiger partial charge in [0.15, 0.2) is 0 Å². The highest BCUT2D eigenvalue weighted by atomic mass is 19.1. The number of benzene rings is 2. The van der Waals surface area contributed by atoms with Crippen LogP contribution in [0.4, 0.5) is 10.1 Å². The molecule has 2 aromatic carbocycles. The zero-order chi connectivity index (χ0) is 13.2. The van der Waals surface area contributed by atoms with E-state index in [-0.39, 0.29) is 5.82 Å². The molecule has 0 bridgehead atoms. The average Bonchev–Trinajstić information content (AvgIpc) is 2.42. The van der Waals surface area contributed by atoms with Crippen molar-refractivity contribution in [1.82, 2.24) is 9.97 Å². The van der Waals surface area contributed by atoms with Crippen molar-refractivity contribution in [3.8, 4) is 0 Å². The Morgan fingerprint density at radius 2 is 1.79 bits per heavy atom. The van der Waals surface area contributed by atoms with Crippen molar-refractivity contribution in [2.24, 2.45) is 0 Å². The van der Waals surface area contributed by atoms with Gasteiger partial charge in [0, 0.05) is 18.3 Å². The summed E-state index contributed by atoms with van der Waals surface area (Å²) in [6.45, 7) is 0. The molecule has 0 amide bonds. The van der Waals surface area contributed by atoms with E-state index in [1.165, 1.54) is 12.1 Å². The molecule has 0 aliphatic rings. The van der Waals surface area contributed by atoms with Crippen LogP contribution in [0.2, 0.25) is 0 Å². The lowest BCUT2D eigenvalue weighted by atomic mass is 10.1. The molecule has 0 saturated heterocycles. The predicted octanol–water partition coefficient (Wildman–Crippen LogP) is 2.94. The summed E-state index contributed by atoms with van der Waals surface area (Å²) in [5.41, 5.74) is 9.82. The highest BCUT2D eigenvalue weighted by molar-refractivity contribution is 5.77. The Labute approximate surface area is 109 Å². The number of aromatic nitrogens is 2. The second kappa shape index (κ2) is 4.65. The third-order valence-corrected chi connectivity index (χ3v) is 2.91. The summed E-state index contributed by atoms with van der Waals surface area (Å²) < 4.78 is 12.8. The number of nitrogen functional groups attached to an aromatic ring is 1. The van der Waals surface area contributed by atoms with Gasteiger partial charge in [0.25, 0.3) is 0 Å². The monoisotopic (exact) mass is 253 g/mol. The van der Waals surface area contributed by atoms with Crippen LogP contribution in [0.5, 0.6) is 0 Å². The summed E-state index contributed by atoms with van der Waals surface area (Å²) >= 11 is 0. The lowest BCUT2D eigenvalue weighted by molar-refractivity contribution is 0.627. The molecule has 1 aromatic heterocycles. The van der Waals surface area contributed by atoms with Crippen LogP contribution in [0, 0.1) is 5.82 Å². The van der Waals surface area contributed by atoms with Crippen LogP contribution < -0.4 is 5.73 Å². The fraction of sp³-hybridized carbons (Fsp3) is 0.0667. The van der Waals surface area contributed by atoms with Gasteiger partial charge in [-0.1, -0.05) is 12.1 Å². The molecule has 19 heavy (non-hydrogen) atoms. The topological polar surface area (TPSA) is 51.8 Å². The van der Waals surface area contributed by atoms with Crippen molar-refractivity contribution < 1.29 is 4.39 Å². The van der Waals surface area contributed by atoms with Gasteiger partial charge in [-0.05, 0) is 35.9 Å². The Morgan fingerprint density at radius 1 is 1.00 bits per heavy atom. The summed E-state index contributed by atoms with van der Waals surface area (Å²) in [6, 6.07) is 11.9. The molecule has 0 fully saturated rings. The minimum atomic E-state index is -0.233. The quantitative estimate of drug-likeness (QED) is 0.714. The number of nitrogens with two attached hydrogens (primary N) is 1. The molecule has 0 spiro atoms. The normalized spacial score (nSPS) is 10.8. The molecule has 0 radical (unpaired) electrons. The molecular weight excluding hydrogens is 241 g/mol. The molecule has 4 heteroatoms. The molecule has 1 heterocycles. The first-order valence-corrected chi connectivity index (χ1v) is 5.96. The first kappa shape index (κ1) is 11.6. The summed E-state index contributed by atoms with van der Waals surface area (Å²) in [7, 11) is 0. The molecule has 3 aromatic rings. The van der Waals surface area contributed by atoms with Gasteiger partial charge in [0.2, 0.25) is 0 Å². The number of rotatable bonds is 2. The van der Waals surface area contributed by atoms with E-state index in [1.54, 1.807) is 30.5 Å². The first-order chi connectivity index (χ1) is 9.20. The second-order valence-electron chi connectivity index (χ2n) is 4.41. The van der Waals surface area contributed by atoms with E-state index >= 15 is 0 Å². The maximum Gasteiger partial charge on any atom is 0.123 e. The van der Waals surface area contributed by atoms with E-state index in [9.17, 15) is 4.39 Å². The van der Waals surface area contributed by atoms with Crippen LogP contribution >= 0.6 is 0 Å². The predicted molar refractivity (Wildman–Crippen MR) is 73.2 cm³/mol. The van der Waals surface area contributed by atoms with Crippen LogP contribution in [-0.2, 0) is 6.42 Å². The van der Waals surface area contributed by atoms with E-state index in [4.69, 9.17) is 5.73 Å². The molecule has 0 aliphatic heterocycles. The lowest BCUT2D eigenvalue weighted by Crippen LogP contribution is -1.95. The Kier molecular flexibility index (Phi) is 2.83. The number of hydrogen-bond acceptors (Lipinski definition) is 3.